The first kappa shape index (κ1) is 13.7. The quantitative estimate of drug-likeness (QED) is 0.747. The molecule has 1 saturated heterocycles. The molecule has 2 rings (SSSR count). The van der Waals surface area contributed by atoms with Crippen LogP contribution in [0.25, 0.3) is 0 Å². The van der Waals surface area contributed by atoms with Gasteiger partial charge in [-0.2, -0.15) is 0 Å². The zero-order valence-electron chi connectivity index (χ0n) is 11.3. The van der Waals surface area contributed by atoms with E-state index in [9.17, 15) is 4.79 Å². The number of rotatable bonds is 5. The van der Waals surface area contributed by atoms with Crippen LogP contribution in [0.1, 0.15) is 30.1 Å². The number of hydrogen-bond acceptors (Lipinski definition) is 6. The van der Waals surface area contributed by atoms with Crippen molar-refractivity contribution in [2.75, 3.05) is 31.8 Å². The summed E-state index contributed by atoms with van der Waals surface area (Å²) in [5.41, 5.74) is 0.382. The molecule has 0 amide bonds. The van der Waals surface area contributed by atoms with Gasteiger partial charge in [0.2, 0.25) is 5.95 Å². The molecule has 1 aromatic heterocycles. The number of hydrogen-bond donors (Lipinski definition) is 0. The molecule has 1 atom stereocenters. The minimum Gasteiger partial charge on any atom is -0.462 e. The van der Waals surface area contributed by atoms with Gasteiger partial charge in [0.15, 0.2) is 0 Å². The highest BCUT2D eigenvalue weighted by molar-refractivity contribution is 5.88. The molecule has 1 unspecified atom stereocenters. The number of methoxy groups -OCH3 is 1. The van der Waals surface area contributed by atoms with Gasteiger partial charge in [-0.15, -0.1) is 0 Å². The second-order valence-corrected chi connectivity index (χ2v) is 4.44. The normalized spacial score (nSPS) is 18.6. The second kappa shape index (κ2) is 6.47. The van der Waals surface area contributed by atoms with Crippen LogP contribution in [-0.4, -0.2) is 48.8 Å². The fraction of sp³-hybridized carbons (Fsp3) is 0.615. The summed E-state index contributed by atoms with van der Waals surface area (Å²) in [4.78, 5) is 22.1. The second-order valence-electron chi connectivity index (χ2n) is 4.44. The Bertz CT molecular complexity index is 422. The smallest absolute Gasteiger partial charge is 0.341 e. The number of nitrogens with zero attached hydrogens (tertiary/aromatic N) is 3. The molecule has 2 heterocycles. The highest BCUT2D eigenvalue weighted by atomic mass is 16.5. The first-order valence-corrected chi connectivity index (χ1v) is 6.51. The molecule has 0 N–H and O–H groups in total. The fourth-order valence-corrected chi connectivity index (χ4v) is 2.25. The lowest BCUT2D eigenvalue weighted by Crippen LogP contribution is -2.34. The average molecular weight is 265 g/mol. The lowest BCUT2D eigenvalue weighted by Gasteiger charge is -2.23. The van der Waals surface area contributed by atoms with Crippen LogP contribution < -0.4 is 4.90 Å². The Kier molecular flexibility index (Phi) is 4.68. The predicted octanol–water partition coefficient (Wildman–Crippen LogP) is 1.27. The first-order chi connectivity index (χ1) is 9.26. The monoisotopic (exact) mass is 265 g/mol. The number of carbonyl (C=O) groups excluding carboxylic acids is 1. The molecule has 1 aromatic rings. The third kappa shape index (κ3) is 3.20. The standard InChI is InChI=1S/C13H19N3O3/c1-3-19-12(17)10-7-14-13(15-8-10)16-6-4-5-11(16)9-18-2/h7-8,11H,3-6,9H2,1-2H3. The van der Waals surface area contributed by atoms with Crippen molar-refractivity contribution in [3.63, 3.8) is 0 Å². The van der Waals surface area contributed by atoms with Gasteiger partial charge >= 0.3 is 5.97 Å². The van der Waals surface area contributed by atoms with Gasteiger partial charge in [-0.25, -0.2) is 14.8 Å². The summed E-state index contributed by atoms with van der Waals surface area (Å²) in [5.74, 6) is 0.261. The van der Waals surface area contributed by atoms with Crippen LogP contribution in [0.5, 0.6) is 0 Å². The third-order valence-corrected chi connectivity index (χ3v) is 3.14. The van der Waals surface area contributed by atoms with E-state index < -0.39 is 0 Å². The molecule has 0 spiro atoms. The molecular weight excluding hydrogens is 246 g/mol. The molecule has 104 valence electrons. The number of carbonyl (C=O) groups is 1. The largest absolute Gasteiger partial charge is 0.462 e. The van der Waals surface area contributed by atoms with Crippen molar-refractivity contribution in [3.8, 4) is 0 Å². The van der Waals surface area contributed by atoms with Crippen molar-refractivity contribution in [3.05, 3.63) is 18.0 Å². The highest BCUT2D eigenvalue weighted by Gasteiger charge is 2.26. The van der Waals surface area contributed by atoms with Crippen molar-refractivity contribution >= 4 is 11.9 Å². The van der Waals surface area contributed by atoms with Crippen LogP contribution in [-0.2, 0) is 9.47 Å². The Morgan fingerprint density at radius 2 is 2.21 bits per heavy atom. The van der Waals surface area contributed by atoms with Gasteiger partial charge in [0.25, 0.3) is 0 Å². The van der Waals surface area contributed by atoms with Crippen LogP contribution in [0.2, 0.25) is 0 Å². The fourth-order valence-electron chi connectivity index (χ4n) is 2.25. The molecular formula is C13H19N3O3. The van der Waals surface area contributed by atoms with Crippen LogP contribution in [0.3, 0.4) is 0 Å². The van der Waals surface area contributed by atoms with Gasteiger partial charge in [-0.3, -0.25) is 0 Å². The number of aromatic nitrogens is 2. The van der Waals surface area contributed by atoms with Gasteiger partial charge in [0.1, 0.15) is 0 Å². The summed E-state index contributed by atoms with van der Waals surface area (Å²) in [6, 6.07) is 0.318. The summed E-state index contributed by atoms with van der Waals surface area (Å²) in [7, 11) is 1.70. The Morgan fingerprint density at radius 1 is 1.47 bits per heavy atom. The van der Waals surface area contributed by atoms with Gasteiger partial charge in [0.05, 0.1) is 24.8 Å². The van der Waals surface area contributed by atoms with Gasteiger partial charge in [-0.05, 0) is 19.8 Å². The minimum atomic E-state index is -0.385. The molecule has 0 aliphatic carbocycles. The number of esters is 1. The van der Waals surface area contributed by atoms with E-state index in [4.69, 9.17) is 9.47 Å². The van der Waals surface area contributed by atoms with Crippen LogP contribution in [0, 0.1) is 0 Å². The van der Waals surface area contributed by atoms with Crippen molar-refractivity contribution in [2.45, 2.75) is 25.8 Å². The van der Waals surface area contributed by atoms with E-state index in [1.165, 1.54) is 12.4 Å². The maximum absolute atomic E-state index is 11.5. The van der Waals surface area contributed by atoms with Gasteiger partial charge < -0.3 is 14.4 Å². The highest BCUT2D eigenvalue weighted by Crippen LogP contribution is 2.22. The maximum atomic E-state index is 11.5. The van der Waals surface area contributed by atoms with E-state index >= 15 is 0 Å². The molecule has 0 bridgehead atoms. The van der Waals surface area contributed by atoms with Crippen molar-refractivity contribution in [1.29, 1.82) is 0 Å². The third-order valence-electron chi connectivity index (χ3n) is 3.14. The lowest BCUT2D eigenvalue weighted by atomic mass is 10.2. The lowest BCUT2D eigenvalue weighted by molar-refractivity contribution is 0.0525. The van der Waals surface area contributed by atoms with Gasteiger partial charge in [-0.1, -0.05) is 0 Å². The van der Waals surface area contributed by atoms with Crippen LogP contribution in [0.15, 0.2) is 12.4 Å². The molecule has 19 heavy (non-hydrogen) atoms. The zero-order valence-corrected chi connectivity index (χ0v) is 11.3. The van der Waals surface area contributed by atoms with Crippen molar-refractivity contribution in [2.24, 2.45) is 0 Å². The summed E-state index contributed by atoms with van der Waals surface area (Å²) in [6.07, 6.45) is 5.22. The van der Waals surface area contributed by atoms with E-state index in [-0.39, 0.29) is 5.97 Å². The minimum absolute atomic E-state index is 0.318. The van der Waals surface area contributed by atoms with E-state index in [0.717, 1.165) is 19.4 Å². The predicted molar refractivity (Wildman–Crippen MR) is 70.2 cm³/mol. The summed E-state index contributed by atoms with van der Waals surface area (Å²) < 4.78 is 10.1. The summed E-state index contributed by atoms with van der Waals surface area (Å²) in [6.45, 7) is 3.71. The topological polar surface area (TPSA) is 64.5 Å². The Labute approximate surface area is 112 Å². The molecule has 6 nitrogen and oxygen atoms in total. The summed E-state index contributed by atoms with van der Waals surface area (Å²) in [5, 5.41) is 0. The molecule has 1 fully saturated rings. The molecule has 6 heteroatoms. The van der Waals surface area contributed by atoms with E-state index in [0.29, 0.717) is 30.8 Å². The number of ether oxygens (including phenoxy) is 2. The van der Waals surface area contributed by atoms with E-state index in [1.807, 2.05) is 0 Å². The van der Waals surface area contributed by atoms with Crippen molar-refractivity contribution in [1.82, 2.24) is 9.97 Å². The molecule has 0 saturated carbocycles. The molecule has 1 aliphatic rings. The molecule has 1 aliphatic heterocycles. The van der Waals surface area contributed by atoms with Crippen molar-refractivity contribution < 1.29 is 14.3 Å². The Balaban J connectivity index is 2.07. The maximum Gasteiger partial charge on any atom is 0.341 e. The zero-order chi connectivity index (χ0) is 13.7. The molecule has 0 aromatic carbocycles. The SMILES string of the molecule is CCOC(=O)c1cnc(N2CCCC2COC)nc1. The average Bonchev–Trinajstić information content (AvgIpc) is 2.88. The molecule has 0 radical (unpaired) electrons. The Morgan fingerprint density at radius 3 is 2.84 bits per heavy atom. The Hall–Kier alpha value is -1.69. The van der Waals surface area contributed by atoms with E-state index in [2.05, 4.69) is 14.9 Å². The van der Waals surface area contributed by atoms with E-state index in [1.54, 1.807) is 14.0 Å². The summed E-state index contributed by atoms with van der Waals surface area (Å²) >= 11 is 0. The first-order valence-electron chi connectivity index (χ1n) is 6.51. The van der Waals surface area contributed by atoms with Crippen LogP contribution >= 0.6 is 0 Å². The number of anilines is 1. The van der Waals surface area contributed by atoms with Crippen LogP contribution in [0.4, 0.5) is 5.95 Å². The van der Waals surface area contributed by atoms with Gasteiger partial charge in [0, 0.05) is 26.0 Å².